The number of ether oxygens (including phenoxy) is 1. The van der Waals surface area contributed by atoms with E-state index in [0.717, 1.165) is 49.1 Å². The first-order valence-corrected chi connectivity index (χ1v) is 6.77. The summed E-state index contributed by atoms with van der Waals surface area (Å²) in [5.41, 5.74) is 1.10. The summed E-state index contributed by atoms with van der Waals surface area (Å²) in [5, 5.41) is 3.82. The lowest BCUT2D eigenvalue weighted by molar-refractivity contribution is 0.0926. The molecule has 1 unspecified atom stereocenters. The lowest BCUT2D eigenvalue weighted by Gasteiger charge is -2.36. The number of aromatic nitrogens is 1. The van der Waals surface area contributed by atoms with Crippen LogP contribution >= 0.6 is 11.6 Å². The molecule has 18 heavy (non-hydrogen) atoms. The molecule has 1 aliphatic rings. The summed E-state index contributed by atoms with van der Waals surface area (Å²) in [6, 6.07) is 2.36. The number of pyridine rings is 1. The molecule has 2 heterocycles. The molecule has 1 aromatic heterocycles. The van der Waals surface area contributed by atoms with Gasteiger partial charge in [-0.15, -0.1) is 0 Å². The van der Waals surface area contributed by atoms with Crippen molar-refractivity contribution >= 4 is 17.4 Å². The van der Waals surface area contributed by atoms with E-state index in [-0.39, 0.29) is 0 Å². The zero-order valence-electron chi connectivity index (χ0n) is 10.9. The van der Waals surface area contributed by atoms with E-state index in [9.17, 15) is 0 Å². The van der Waals surface area contributed by atoms with Crippen LogP contribution in [0.5, 0.6) is 0 Å². The molecule has 0 aromatic carbocycles. The fourth-order valence-corrected chi connectivity index (χ4v) is 2.55. The van der Waals surface area contributed by atoms with E-state index in [1.54, 1.807) is 0 Å². The van der Waals surface area contributed by atoms with Gasteiger partial charge in [0.25, 0.3) is 0 Å². The van der Waals surface area contributed by atoms with Gasteiger partial charge in [-0.1, -0.05) is 18.5 Å². The number of nitrogens with one attached hydrogen (secondary N) is 1. The fourth-order valence-electron chi connectivity index (χ4n) is 2.25. The minimum Gasteiger partial charge on any atom is -0.377 e. The van der Waals surface area contributed by atoms with Crippen LogP contribution in [0.15, 0.2) is 12.3 Å². The van der Waals surface area contributed by atoms with Gasteiger partial charge in [0.05, 0.1) is 24.3 Å². The van der Waals surface area contributed by atoms with Crippen molar-refractivity contribution in [3.8, 4) is 0 Å². The molecule has 0 radical (unpaired) electrons. The van der Waals surface area contributed by atoms with E-state index in [2.05, 4.69) is 22.1 Å². The van der Waals surface area contributed by atoms with Gasteiger partial charge in [-0.25, -0.2) is 4.98 Å². The molecule has 0 amide bonds. The normalized spacial score (nSPS) is 20.2. The van der Waals surface area contributed by atoms with Gasteiger partial charge in [0.2, 0.25) is 0 Å². The molecule has 100 valence electrons. The largest absolute Gasteiger partial charge is 0.377 e. The van der Waals surface area contributed by atoms with Crippen molar-refractivity contribution in [1.82, 2.24) is 10.3 Å². The third-order valence-corrected chi connectivity index (χ3v) is 3.51. The molecule has 4 nitrogen and oxygen atoms in total. The van der Waals surface area contributed by atoms with Crippen molar-refractivity contribution in [3.63, 3.8) is 0 Å². The van der Waals surface area contributed by atoms with Gasteiger partial charge in [-0.3, -0.25) is 0 Å². The Morgan fingerprint density at radius 1 is 1.61 bits per heavy atom. The molecule has 1 aromatic rings. The second-order valence-electron chi connectivity index (χ2n) is 4.51. The van der Waals surface area contributed by atoms with Gasteiger partial charge in [-0.2, -0.15) is 0 Å². The van der Waals surface area contributed by atoms with Crippen molar-refractivity contribution in [3.05, 3.63) is 22.8 Å². The Bertz CT molecular complexity index is 400. The highest BCUT2D eigenvalue weighted by molar-refractivity contribution is 6.33. The highest BCUT2D eigenvalue weighted by Crippen LogP contribution is 2.27. The van der Waals surface area contributed by atoms with Crippen LogP contribution in [0.25, 0.3) is 0 Å². The number of hydrogen-bond donors (Lipinski definition) is 1. The molecular formula is C13H20ClN3O. The molecule has 0 saturated carbocycles. The molecule has 0 bridgehead atoms. The summed E-state index contributed by atoms with van der Waals surface area (Å²) in [6.45, 7) is 5.30. The van der Waals surface area contributed by atoms with Gasteiger partial charge in [-0.05, 0) is 25.1 Å². The van der Waals surface area contributed by atoms with Crippen molar-refractivity contribution in [2.45, 2.75) is 25.9 Å². The maximum absolute atomic E-state index is 6.35. The van der Waals surface area contributed by atoms with Crippen LogP contribution in [0.1, 0.15) is 18.9 Å². The van der Waals surface area contributed by atoms with Crippen LogP contribution < -0.4 is 10.2 Å². The zero-order chi connectivity index (χ0) is 13.0. The lowest BCUT2D eigenvalue weighted by Crippen LogP contribution is -2.45. The predicted molar refractivity (Wildman–Crippen MR) is 74.3 cm³/mol. The molecule has 0 aliphatic carbocycles. The Morgan fingerprint density at radius 2 is 2.44 bits per heavy atom. The Morgan fingerprint density at radius 3 is 3.11 bits per heavy atom. The molecule has 1 N–H and O–H groups in total. The number of hydrogen-bond acceptors (Lipinski definition) is 4. The Balaban J connectivity index is 2.21. The van der Waals surface area contributed by atoms with E-state index in [1.165, 1.54) is 0 Å². The fraction of sp³-hybridized carbons (Fsp3) is 0.615. The lowest BCUT2D eigenvalue weighted by atomic mass is 10.1. The van der Waals surface area contributed by atoms with Crippen LogP contribution in [0.3, 0.4) is 0 Å². The molecule has 5 heteroatoms. The topological polar surface area (TPSA) is 37.4 Å². The van der Waals surface area contributed by atoms with Crippen LogP contribution in [0.4, 0.5) is 5.82 Å². The van der Waals surface area contributed by atoms with E-state index in [4.69, 9.17) is 16.3 Å². The smallest absolute Gasteiger partial charge is 0.147 e. The van der Waals surface area contributed by atoms with E-state index in [1.807, 2.05) is 19.3 Å². The molecule has 0 spiro atoms. The first-order valence-electron chi connectivity index (χ1n) is 6.39. The minimum absolute atomic E-state index is 0.374. The van der Waals surface area contributed by atoms with Crippen molar-refractivity contribution in [2.75, 3.05) is 31.7 Å². The summed E-state index contributed by atoms with van der Waals surface area (Å²) in [5.74, 6) is 0.881. The molecule has 1 fully saturated rings. The highest BCUT2D eigenvalue weighted by atomic mass is 35.5. The van der Waals surface area contributed by atoms with Crippen molar-refractivity contribution in [1.29, 1.82) is 0 Å². The van der Waals surface area contributed by atoms with Gasteiger partial charge >= 0.3 is 0 Å². The third kappa shape index (κ3) is 2.94. The molecule has 1 atom stereocenters. The van der Waals surface area contributed by atoms with Crippen LogP contribution in [0, 0.1) is 0 Å². The van der Waals surface area contributed by atoms with Gasteiger partial charge < -0.3 is 15.0 Å². The number of anilines is 1. The molecule has 1 saturated heterocycles. The summed E-state index contributed by atoms with van der Waals surface area (Å²) in [7, 11) is 1.91. The van der Waals surface area contributed by atoms with Crippen molar-refractivity contribution < 1.29 is 4.74 Å². The van der Waals surface area contributed by atoms with Crippen LogP contribution in [0.2, 0.25) is 5.02 Å². The SMILES string of the molecule is CCC1COCCN1c1ncc(CNC)cc1Cl. The van der Waals surface area contributed by atoms with E-state index < -0.39 is 0 Å². The summed E-state index contributed by atoms with van der Waals surface area (Å²) >= 11 is 6.35. The molecule has 2 rings (SSSR count). The standard InChI is InChI=1S/C13H20ClN3O/c1-3-11-9-18-5-4-17(11)13-12(14)6-10(7-15-2)8-16-13/h6,8,11,15H,3-5,7,9H2,1-2H3. The minimum atomic E-state index is 0.374. The maximum Gasteiger partial charge on any atom is 0.147 e. The van der Waals surface area contributed by atoms with E-state index in [0.29, 0.717) is 6.04 Å². The van der Waals surface area contributed by atoms with Crippen LogP contribution in [-0.2, 0) is 11.3 Å². The third-order valence-electron chi connectivity index (χ3n) is 3.23. The second kappa shape index (κ2) is 6.36. The Kier molecular flexibility index (Phi) is 4.80. The summed E-state index contributed by atoms with van der Waals surface area (Å²) in [4.78, 5) is 6.78. The Hall–Kier alpha value is -0.840. The summed E-state index contributed by atoms with van der Waals surface area (Å²) in [6.07, 6.45) is 2.93. The predicted octanol–water partition coefficient (Wildman–Crippen LogP) is 2.07. The average Bonchev–Trinajstić information content (AvgIpc) is 2.39. The number of rotatable bonds is 4. The Labute approximate surface area is 113 Å². The van der Waals surface area contributed by atoms with Crippen molar-refractivity contribution in [2.24, 2.45) is 0 Å². The number of morpholine rings is 1. The van der Waals surface area contributed by atoms with E-state index >= 15 is 0 Å². The van der Waals surface area contributed by atoms with Gasteiger partial charge in [0.15, 0.2) is 0 Å². The summed E-state index contributed by atoms with van der Waals surface area (Å²) < 4.78 is 5.50. The van der Waals surface area contributed by atoms with Crippen LogP contribution in [-0.4, -0.2) is 37.8 Å². The monoisotopic (exact) mass is 269 g/mol. The average molecular weight is 270 g/mol. The first-order chi connectivity index (χ1) is 8.76. The second-order valence-corrected chi connectivity index (χ2v) is 4.92. The molecular weight excluding hydrogens is 250 g/mol. The quantitative estimate of drug-likeness (QED) is 0.908. The van der Waals surface area contributed by atoms with Gasteiger partial charge in [0, 0.05) is 19.3 Å². The first kappa shape index (κ1) is 13.6. The highest BCUT2D eigenvalue weighted by Gasteiger charge is 2.24. The molecule has 1 aliphatic heterocycles. The zero-order valence-corrected chi connectivity index (χ0v) is 11.7. The number of nitrogens with zero attached hydrogens (tertiary/aromatic N) is 2. The van der Waals surface area contributed by atoms with Gasteiger partial charge in [0.1, 0.15) is 5.82 Å². The number of halogens is 1. The maximum atomic E-state index is 6.35.